The van der Waals surface area contributed by atoms with Crippen molar-refractivity contribution in [2.75, 3.05) is 0 Å². The second-order valence-corrected chi connectivity index (χ2v) is 8.46. The third kappa shape index (κ3) is 2.80. The van der Waals surface area contributed by atoms with Gasteiger partial charge in [0, 0.05) is 0 Å². The summed E-state index contributed by atoms with van der Waals surface area (Å²) in [5, 5.41) is 8.97. The van der Waals surface area contributed by atoms with Gasteiger partial charge < -0.3 is 9.84 Å². The molecule has 26 heavy (non-hydrogen) atoms. The van der Waals surface area contributed by atoms with Crippen molar-refractivity contribution < 1.29 is 14.6 Å². The third-order valence-electron chi connectivity index (χ3n) is 6.83. The summed E-state index contributed by atoms with van der Waals surface area (Å²) in [6.45, 7) is 0. The van der Waals surface area contributed by atoms with Gasteiger partial charge in [0.05, 0.1) is 5.56 Å². The Kier molecular flexibility index (Phi) is 3.77. The predicted molar refractivity (Wildman–Crippen MR) is 99.7 cm³/mol. The highest BCUT2D eigenvalue weighted by molar-refractivity contribution is 5.87. The molecule has 0 atom stereocenters. The van der Waals surface area contributed by atoms with Crippen LogP contribution in [0.25, 0.3) is 0 Å². The molecule has 4 saturated carbocycles. The molecule has 0 amide bonds. The summed E-state index contributed by atoms with van der Waals surface area (Å²) in [4.78, 5) is 10.9. The second-order valence-electron chi connectivity index (χ2n) is 8.46. The molecule has 0 radical (unpaired) electrons. The molecule has 134 valence electrons. The van der Waals surface area contributed by atoms with E-state index in [9.17, 15) is 4.79 Å². The Balaban J connectivity index is 1.31. The van der Waals surface area contributed by atoms with Crippen LogP contribution in [0, 0.1) is 23.7 Å². The summed E-state index contributed by atoms with van der Waals surface area (Å²) in [5.41, 5.74) is 1.75. The zero-order chi connectivity index (χ0) is 17.7. The van der Waals surface area contributed by atoms with Crippen LogP contribution in [0.15, 0.2) is 48.5 Å². The van der Waals surface area contributed by atoms with E-state index in [0.29, 0.717) is 5.75 Å². The molecule has 0 aromatic heterocycles. The maximum absolute atomic E-state index is 10.9. The number of ether oxygens (including phenoxy) is 1. The largest absolute Gasteiger partial charge is 0.478 e. The van der Waals surface area contributed by atoms with E-state index >= 15 is 0 Å². The van der Waals surface area contributed by atoms with Gasteiger partial charge in [0.25, 0.3) is 0 Å². The summed E-state index contributed by atoms with van der Waals surface area (Å²) in [5.74, 6) is 5.08. The number of carbonyl (C=O) groups is 1. The van der Waals surface area contributed by atoms with Gasteiger partial charge in [-0.3, -0.25) is 0 Å². The highest BCUT2D eigenvalue weighted by Gasteiger charge is 2.48. The van der Waals surface area contributed by atoms with E-state index in [1.54, 1.807) is 24.3 Å². The second kappa shape index (κ2) is 6.15. The summed E-state index contributed by atoms with van der Waals surface area (Å²) < 4.78 is 5.88. The lowest BCUT2D eigenvalue weighted by atomic mass is 9.51. The first-order valence-corrected chi connectivity index (χ1v) is 9.77. The van der Waals surface area contributed by atoms with Crippen LogP contribution in [0.2, 0.25) is 0 Å². The highest BCUT2D eigenvalue weighted by atomic mass is 16.5. The molecule has 0 saturated heterocycles. The van der Waals surface area contributed by atoms with Crippen molar-refractivity contribution in [1.82, 2.24) is 0 Å². The Morgan fingerprint density at radius 2 is 1.27 bits per heavy atom. The van der Waals surface area contributed by atoms with Crippen LogP contribution >= 0.6 is 0 Å². The Morgan fingerprint density at radius 3 is 1.77 bits per heavy atom. The van der Waals surface area contributed by atoms with Gasteiger partial charge >= 0.3 is 5.97 Å². The van der Waals surface area contributed by atoms with E-state index in [1.165, 1.54) is 37.7 Å². The van der Waals surface area contributed by atoms with Crippen LogP contribution in [0.3, 0.4) is 0 Å². The van der Waals surface area contributed by atoms with Gasteiger partial charge in [-0.1, -0.05) is 12.1 Å². The van der Waals surface area contributed by atoms with E-state index < -0.39 is 5.97 Å². The molecule has 4 fully saturated rings. The molecule has 0 aliphatic heterocycles. The van der Waals surface area contributed by atoms with Crippen molar-refractivity contribution in [3.63, 3.8) is 0 Å². The molecule has 0 spiro atoms. The molecule has 3 nitrogen and oxygen atoms in total. The highest BCUT2D eigenvalue weighted by Crippen LogP contribution is 2.59. The summed E-state index contributed by atoms with van der Waals surface area (Å²) in [6, 6.07) is 15.2. The number of aromatic carboxylic acids is 1. The predicted octanol–water partition coefficient (Wildman–Crippen LogP) is 5.72. The average molecular weight is 348 g/mol. The Labute approximate surface area is 154 Å². The molecule has 0 unspecified atom stereocenters. The van der Waals surface area contributed by atoms with Crippen molar-refractivity contribution in [3.8, 4) is 11.5 Å². The van der Waals surface area contributed by atoms with Crippen LogP contribution in [0.4, 0.5) is 0 Å². The van der Waals surface area contributed by atoms with Crippen LogP contribution in [-0.2, 0) is 0 Å². The lowest BCUT2D eigenvalue weighted by molar-refractivity contribution is -0.00279. The van der Waals surface area contributed by atoms with Crippen molar-refractivity contribution in [2.24, 2.45) is 23.7 Å². The molecule has 4 bridgehead atoms. The Bertz CT molecular complexity index is 778. The Morgan fingerprint density at radius 1 is 0.769 bits per heavy atom. The molecule has 4 aliphatic rings. The standard InChI is InChI=1S/C23H24O3/c24-23(25)17-3-7-21(8-4-17)26-20-5-1-16(2-6-20)22-18-10-14-9-15(12-18)13-19(22)11-14/h1-8,14-15,18-19,22H,9-13H2,(H,24,25). The first-order chi connectivity index (χ1) is 12.7. The quantitative estimate of drug-likeness (QED) is 0.769. The number of hydrogen-bond donors (Lipinski definition) is 1. The minimum absolute atomic E-state index is 0.273. The first-order valence-electron chi connectivity index (χ1n) is 9.77. The molecule has 3 heteroatoms. The van der Waals surface area contributed by atoms with E-state index in [4.69, 9.17) is 9.84 Å². The maximum Gasteiger partial charge on any atom is 0.335 e. The smallest absolute Gasteiger partial charge is 0.335 e. The lowest BCUT2D eigenvalue weighted by Crippen LogP contribution is -2.43. The number of rotatable bonds is 4. The molecule has 0 heterocycles. The van der Waals surface area contributed by atoms with Crippen LogP contribution in [0.5, 0.6) is 11.5 Å². The van der Waals surface area contributed by atoms with Gasteiger partial charge in [-0.15, -0.1) is 0 Å². The van der Waals surface area contributed by atoms with Gasteiger partial charge in [0.1, 0.15) is 11.5 Å². The van der Waals surface area contributed by atoms with E-state index in [1.807, 2.05) is 0 Å². The molecule has 4 aliphatic carbocycles. The zero-order valence-electron chi connectivity index (χ0n) is 14.8. The van der Waals surface area contributed by atoms with Crippen molar-refractivity contribution in [2.45, 2.75) is 38.0 Å². The van der Waals surface area contributed by atoms with Crippen molar-refractivity contribution >= 4 is 5.97 Å². The topological polar surface area (TPSA) is 46.5 Å². The molecule has 2 aromatic carbocycles. The monoisotopic (exact) mass is 348 g/mol. The number of hydrogen-bond acceptors (Lipinski definition) is 2. The normalized spacial score (nSPS) is 31.8. The van der Waals surface area contributed by atoms with Crippen molar-refractivity contribution in [1.29, 1.82) is 0 Å². The molecular weight excluding hydrogens is 324 g/mol. The number of carboxylic acid groups (broad SMARTS) is 1. The lowest BCUT2D eigenvalue weighted by Gasteiger charge is -2.54. The Hall–Kier alpha value is -2.29. The SMILES string of the molecule is O=C(O)c1ccc(Oc2ccc(C3C4CC5CC(C4)CC3C5)cc2)cc1. The fraction of sp³-hybridized carbons (Fsp3) is 0.435. The maximum atomic E-state index is 10.9. The van der Waals surface area contributed by atoms with Crippen molar-refractivity contribution in [3.05, 3.63) is 59.7 Å². The van der Waals surface area contributed by atoms with Crippen LogP contribution in [0.1, 0.15) is 53.9 Å². The third-order valence-corrected chi connectivity index (χ3v) is 6.83. The number of carboxylic acids is 1. The minimum atomic E-state index is -0.920. The van der Waals surface area contributed by atoms with Gasteiger partial charge in [0.2, 0.25) is 0 Å². The molecule has 2 aromatic rings. The summed E-state index contributed by atoms with van der Waals surface area (Å²) >= 11 is 0. The molecular formula is C23H24O3. The van der Waals surface area contributed by atoms with Gasteiger partial charge in [-0.2, -0.15) is 0 Å². The van der Waals surface area contributed by atoms with Crippen LogP contribution < -0.4 is 4.74 Å². The van der Waals surface area contributed by atoms with E-state index in [-0.39, 0.29) is 5.56 Å². The molecule has 1 N–H and O–H groups in total. The summed E-state index contributed by atoms with van der Waals surface area (Å²) in [6.07, 6.45) is 7.24. The van der Waals surface area contributed by atoms with E-state index in [0.717, 1.165) is 35.3 Å². The van der Waals surface area contributed by atoms with Gasteiger partial charge in [0.15, 0.2) is 0 Å². The fourth-order valence-electron chi connectivity index (χ4n) is 6.03. The fourth-order valence-corrected chi connectivity index (χ4v) is 6.03. The zero-order valence-corrected chi connectivity index (χ0v) is 14.8. The van der Waals surface area contributed by atoms with Gasteiger partial charge in [-0.05, 0) is 104 Å². The van der Waals surface area contributed by atoms with Gasteiger partial charge in [-0.25, -0.2) is 4.79 Å². The van der Waals surface area contributed by atoms with Crippen LogP contribution in [-0.4, -0.2) is 11.1 Å². The molecule has 6 rings (SSSR count). The first kappa shape index (κ1) is 15.9. The minimum Gasteiger partial charge on any atom is -0.478 e. The summed E-state index contributed by atoms with van der Waals surface area (Å²) in [7, 11) is 0. The average Bonchev–Trinajstić information content (AvgIpc) is 2.63. The number of benzene rings is 2. The van der Waals surface area contributed by atoms with E-state index in [2.05, 4.69) is 24.3 Å².